The van der Waals surface area contributed by atoms with Crippen molar-refractivity contribution < 1.29 is 9.57 Å². The number of nitrogens with one attached hydrogen (secondary N) is 4. The Labute approximate surface area is 183 Å². The number of hydroxylamine groups is 1. The summed E-state index contributed by atoms with van der Waals surface area (Å²) in [7, 11) is 2.09. The third kappa shape index (κ3) is 4.86. The lowest BCUT2D eigenvalue weighted by Gasteiger charge is -2.28. The highest BCUT2D eigenvalue weighted by atomic mass is 16.7. The minimum Gasteiger partial charge on any atom is -0.411 e. The van der Waals surface area contributed by atoms with Crippen LogP contribution < -0.4 is 26.4 Å². The molecule has 1 aliphatic carbocycles. The fourth-order valence-corrected chi connectivity index (χ4v) is 4.12. The van der Waals surface area contributed by atoms with Gasteiger partial charge in [0.1, 0.15) is 23.2 Å². The number of morpholine rings is 1. The van der Waals surface area contributed by atoms with E-state index in [0.29, 0.717) is 31.7 Å². The van der Waals surface area contributed by atoms with Crippen molar-refractivity contribution >= 4 is 17.6 Å². The van der Waals surface area contributed by atoms with Crippen LogP contribution in [-0.4, -0.2) is 67.0 Å². The lowest BCUT2D eigenvalue weighted by atomic mass is 10.2. The van der Waals surface area contributed by atoms with Gasteiger partial charge in [-0.3, -0.25) is 0 Å². The third-order valence-corrected chi connectivity index (χ3v) is 6.09. The molecule has 1 aromatic rings. The van der Waals surface area contributed by atoms with Crippen molar-refractivity contribution in [3.05, 3.63) is 29.8 Å². The first-order chi connectivity index (χ1) is 15.2. The molecule has 1 aromatic heterocycles. The molecule has 31 heavy (non-hydrogen) atoms. The molecule has 5 rings (SSSR count). The summed E-state index contributed by atoms with van der Waals surface area (Å²) in [6.07, 6.45) is 7.94. The fourth-order valence-electron chi connectivity index (χ4n) is 4.12. The Hall–Kier alpha value is -2.56. The van der Waals surface area contributed by atoms with Gasteiger partial charge in [0, 0.05) is 26.2 Å². The van der Waals surface area contributed by atoms with Crippen LogP contribution in [0.4, 0.5) is 17.6 Å². The number of anilines is 3. The molecule has 0 bridgehead atoms. The quantitative estimate of drug-likeness (QED) is 0.486. The largest absolute Gasteiger partial charge is 0.411 e. The van der Waals surface area contributed by atoms with E-state index in [0.717, 1.165) is 48.6 Å². The summed E-state index contributed by atoms with van der Waals surface area (Å²) in [6, 6.07) is 2.70. The molecule has 4 aliphatic rings. The molecular weight excluding hydrogens is 396 g/mol. The number of rotatable bonds is 8. The Kier molecular flexibility index (Phi) is 5.84. The van der Waals surface area contributed by atoms with E-state index in [1.54, 1.807) is 0 Å². The van der Waals surface area contributed by atoms with E-state index in [-0.39, 0.29) is 6.04 Å². The number of aromatic nitrogens is 2. The van der Waals surface area contributed by atoms with Crippen LogP contribution >= 0.6 is 0 Å². The maximum Gasteiger partial charge on any atom is 0.227 e. The first-order valence-electron chi connectivity index (χ1n) is 11.2. The molecule has 1 saturated heterocycles. The van der Waals surface area contributed by atoms with Crippen LogP contribution in [-0.2, 0) is 9.57 Å². The summed E-state index contributed by atoms with van der Waals surface area (Å²) in [5.41, 5.74) is 6.42. The zero-order valence-electron chi connectivity index (χ0n) is 18.2. The van der Waals surface area contributed by atoms with E-state index in [4.69, 9.17) is 19.5 Å². The molecule has 10 heteroatoms. The van der Waals surface area contributed by atoms with E-state index >= 15 is 0 Å². The van der Waals surface area contributed by atoms with Gasteiger partial charge < -0.3 is 30.5 Å². The summed E-state index contributed by atoms with van der Waals surface area (Å²) >= 11 is 0. The van der Waals surface area contributed by atoms with Gasteiger partial charge in [0.15, 0.2) is 0 Å². The normalized spacial score (nSPS) is 26.2. The molecule has 2 unspecified atom stereocenters. The zero-order chi connectivity index (χ0) is 21.2. The average molecular weight is 429 g/mol. The maximum absolute atomic E-state index is 5.54. The lowest BCUT2D eigenvalue weighted by molar-refractivity contribution is 0.115. The van der Waals surface area contributed by atoms with Crippen molar-refractivity contribution in [2.45, 2.75) is 38.3 Å². The first kappa shape index (κ1) is 20.3. The molecule has 3 aliphatic heterocycles. The number of hydrazine groups is 1. The molecule has 4 heterocycles. The predicted octanol–water partition coefficient (Wildman–Crippen LogP) is 1.40. The van der Waals surface area contributed by atoms with Gasteiger partial charge in [0.05, 0.1) is 31.8 Å². The molecule has 1 saturated carbocycles. The lowest BCUT2D eigenvalue weighted by Crippen LogP contribution is -2.37. The molecule has 0 aromatic carbocycles. The Morgan fingerprint density at radius 1 is 1.19 bits per heavy atom. The Morgan fingerprint density at radius 3 is 2.77 bits per heavy atom. The number of hydrogen-bond acceptors (Lipinski definition) is 10. The highest BCUT2D eigenvalue weighted by molar-refractivity contribution is 5.56. The van der Waals surface area contributed by atoms with E-state index in [1.807, 2.05) is 6.07 Å². The van der Waals surface area contributed by atoms with Crippen LogP contribution in [0.2, 0.25) is 0 Å². The SMILES string of the molecule is CCC1C=C(CNc2nc(NC3=CC(C4CC4)N(C)N3)cc(N3CCOCC3)n2)ON1. The van der Waals surface area contributed by atoms with Crippen molar-refractivity contribution in [1.82, 2.24) is 25.9 Å². The smallest absolute Gasteiger partial charge is 0.227 e. The van der Waals surface area contributed by atoms with Crippen molar-refractivity contribution in [3.63, 3.8) is 0 Å². The summed E-state index contributed by atoms with van der Waals surface area (Å²) in [5.74, 6) is 4.79. The summed E-state index contributed by atoms with van der Waals surface area (Å²) in [4.78, 5) is 17.2. The van der Waals surface area contributed by atoms with Gasteiger partial charge in [-0.15, -0.1) is 0 Å². The molecule has 10 nitrogen and oxygen atoms in total. The molecule has 0 spiro atoms. The van der Waals surface area contributed by atoms with Gasteiger partial charge in [-0.05, 0) is 37.3 Å². The van der Waals surface area contributed by atoms with Gasteiger partial charge in [0.2, 0.25) is 5.95 Å². The van der Waals surface area contributed by atoms with Gasteiger partial charge in [-0.2, -0.15) is 15.4 Å². The third-order valence-electron chi connectivity index (χ3n) is 6.09. The number of hydrogen-bond donors (Lipinski definition) is 4. The zero-order valence-corrected chi connectivity index (χ0v) is 18.2. The van der Waals surface area contributed by atoms with Crippen molar-refractivity contribution in [2.75, 3.05) is 55.4 Å². The highest BCUT2D eigenvalue weighted by Crippen LogP contribution is 2.37. The molecule has 2 atom stereocenters. The van der Waals surface area contributed by atoms with Crippen LogP contribution in [0.3, 0.4) is 0 Å². The van der Waals surface area contributed by atoms with Crippen LogP contribution in [0, 0.1) is 5.92 Å². The van der Waals surface area contributed by atoms with Gasteiger partial charge in [-0.1, -0.05) is 6.92 Å². The second-order valence-corrected chi connectivity index (χ2v) is 8.51. The average Bonchev–Trinajstić information content (AvgIpc) is 3.42. The molecular formula is C21H32N8O2. The predicted molar refractivity (Wildman–Crippen MR) is 119 cm³/mol. The van der Waals surface area contributed by atoms with Crippen molar-refractivity contribution in [3.8, 4) is 0 Å². The number of ether oxygens (including phenoxy) is 1. The van der Waals surface area contributed by atoms with Crippen LogP contribution in [0.1, 0.15) is 26.2 Å². The minimum absolute atomic E-state index is 0.256. The van der Waals surface area contributed by atoms with Gasteiger partial charge in [-0.25, -0.2) is 5.01 Å². The Bertz CT molecular complexity index is 850. The molecule has 0 amide bonds. The van der Waals surface area contributed by atoms with Crippen molar-refractivity contribution in [1.29, 1.82) is 0 Å². The maximum atomic E-state index is 5.54. The molecule has 0 radical (unpaired) electrons. The topological polar surface area (TPSA) is 98.8 Å². The van der Waals surface area contributed by atoms with E-state index in [9.17, 15) is 0 Å². The second kappa shape index (κ2) is 8.89. The Morgan fingerprint density at radius 2 is 2.03 bits per heavy atom. The van der Waals surface area contributed by atoms with Gasteiger partial charge >= 0.3 is 0 Å². The number of nitrogens with zero attached hydrogens (tertiary/aromatic N) is 4. The molecule has 168 valence electrons. The van der Waals surface area contributed by atoms with E-state index < -0.39 is 0 Å². The Balaban J connectivity index is 1.32. The standard InChI is InChI=1S/C21H32N8O2/c1-3-15-10-16(31-27-15)13-22-21-24-18(12-20(25-21)29-6-8-30-9-7-29)23-19-11-17(14-4-5-14)28(2)26-19/h10-12,14-15,17,26-27H,3-9,13H2,1-2H3,(H2,22,23,24,25). The van der Waals surface area contributed by atoms with Crippen LogP contribution in [0.15, 0.2) is 29.8 Å². The first-order valence-corrected chi connectivity index (χ1v) is 11.2. The van der Waals surface area contributed by atoms with E-state index in [1.165, 1.54) is 12.8 Å². The second-order valence-electron chi connectivity index (χ2n) is 8.51. The van der Waals surface area contributed by atoms with Crippen LogP contribution in [0.5, 0.6) is 0 Å². The minimum atomic E-state index is 0.256. The molecule has 2 fully saturated rings. The molecule has 4 N–H and O–H groups in total. The van der Waals surface area contributed by atoms with Crippen LogP contribution in [0.25, 0.3) is 0 Å². The monoisotopic (exact) mass is 428 g/mol. The highest BCUT2D eigenvalue weighted by Gasteiger charge is 2.36. The van der Waals surface area contributed by atoms with Crippen molar-refractivity contribution in [2.24, 2.45) is 5.92 Å². The number of likely N-dealkylation sites (N-methyl/N-ethyl adjacent to an activating group) is 1. The summed E-state index contributed by atoms with van der Waals surface area (Å²) in [5, 5.41) is 8.94. The van der Waals surface area contributed by atoms with Gasteiger partial charge in [0.25, 0.3) is 0 Å². The fraction of sp³-hybridized carbons (Fsp3) is 0.619. The summed E-state index contributed by atoms with van der Waals surface area (Å²) in [6.45, 7) is 5.71. The van der Waals surface area contributed by atoms with E-state index in [2.05, 4.69) is 57.6 Å². The summed E-state index contributed by atoms with van der Waals surface area (Å²) < 4.78 is 5.50.